The van der Waals surface area contributed by atoms with Gasteiger partial charge >= 0.3 is 5.97 Å². The van der Waals surface area contributed by atoms with Gasteiger partial charge in [0.1, 0.15) is 0 Å². The zero-order chi connectivity index (χ0) is 10.8. The van der Waals surface area contributed by atoms with Crippen LogP contribution in [-0.2, 0) is 9.36 Å². The second kappa shape index (κ2) is 4.23. The van der Waals surface area contributed by atoms with Gasteiger partial charge in [-0.3, -0.25) is 9.88 Å². The zero-order valence-corrected chi connectivity index (χ0v) is 9.61. The molecule has 0 spiro atoms. The molecule has 5 nitrogen and oxygen atoms in total. The van der Waals surface area contributed by atoms with E-state index in [4.69, 9.17) is 10.00 Å². The van der Waals surface area contributed by atoms with Gasteiger partial charge < -0.3 is 10.00 Å². The fraction of sp³-hybridized carbons (Fsp3) is 0.857. The quantitative estimate of drug-likeness (QED) is 0.615. The first-order valence-electron chi connectivity index (χ1n) is 4.27. The highest BCUT2D eigenvalue weighted by Crippen LogP contribution is 2.41. The highest BCUT2D eigenvalue weighted by molar-refractivity contribution is 8.01. The predicted octanol–water partition coefficient (Wildman–Crippen LogP) is 0.394. The van der Waals surface area contributed by atoms with Crippen molar-refractivity contribution in [3.8, 4) is 0 Å². The van der Waals surface area contributed by atoms with Gasteiger partial charge in [-0.1, -0.05) is 0 Å². The molecule has 14 heavy (non-hydrogen) atoms. The highest BCUT2D eigenvalue weighted by Gasteiger charge is 2.42. The minimum absolute atomic E-state index is 0.0410. The number of rotatable bonds is 4. The molecule has 7 heteroatoms. The number of carboxylic acid groups (broad SMARTS) is 1. The molecule has 0 aromatic rings. The van der Waals surface area contributed by atoms with E-state index >= 15 is 0 Å². The Kier molecular flexibility index (Phi) is 3.63. The molecular formula is C7H14NO4PS. The Bertz CT molecular complexity index is 271. The summed E-state index contributed by atoms with van der Waals surface area (Å²) in [6.07, 6.45) is 0.233. The van der Waals surface area contributed by atoms with Crippen LogP contribution in [0.4, 0.5) is 0 Å². The van der Waals surface area contributed by atoms with Gasteiger partial charge in [0.05, 0.1) is 0 Å². The predicted molar refractivity (Wildman–Crippen MR) is 56.1 cm³/mol. The van der Waals surface area contributed by atoms with E-state index in [-0.39, 0.29) is 12.6 Å². The molecule has 1 rings (SSSR count). The van der Waals surface area contributed by atoms with Crippen LogP contribution >= 0.6 is 19.1 Å². The molecule has 1 heterocycles. The molecule has 0 aliphatic carbocycles. The van der Waals surface area contributed by atoms with Gasteiger partial charge in [-0.25, -0.2) is 4.79 Å². The third kappa shape index (κ3) is 2.98. The van der Waals surface area contributed by atoms with E-state index in [0.29, 0.717) is 6.54 Å². The van der Waals surface area contributed by atoms with Crippen LogP contribution in [-0.4, -0.2) is 46.0 Å². The maximum atomic E-state index is 11.1. The number of aliphatic carboxylic acids is 1. The van der Waals surface area contributed by atoms with E-state index in [0.717, 1.165) is 5.75 Å². The van der Waals surface area contributed by atoms with Gasteiger partial charge in [0.25, 0.3) is 0 Å². The molecule has 3 N–H and O–H groups in total. The van der Waals surface area contributed by atoms with Crippen molar-refractivity contribution >= 4 is 25.1 Å². The summed E-state index contributed by atoms with van der Waals surface area (Å²) >= 11 is 1.30. The Morgan fingerprint density at radius 3 is 2.71 bits per heavy atom. The molecule has 0 amide bonds. The average Bonchev–Trinajstić information content (AvgIpc) is 2.48. The lowest BCUT2D eigenvalue weighted by Crippen LogP contribution is -2.45. The van der Waals surface area contributed by atoms with Crippen LogP contribution in [0.5, 0.6) is 0 Å². The van der Waals surface area contributed by atoms with E-state index in [2.05, 4.69) is 5.32 Å². The van der Waals surface area contributed by atoms with Crippen LogP contribution in [0.3, 0.4) is 0 Å². The second-order valence-corrected chi connectivity index (χ2v) is 7.37. The van der Waals surface area contributed by atoms with Crippen LogP contribution in [0, 0.1) is 0 Å². The monoisotopic (exact) mass is 239 g/mol. The molecule has 82 valence electrons. The minimum atomic E-state index is -3.12. The Morgan fingerprint density at radius 1 is 1.71 bits per heavy atom. The Labute approximate surface area is 86.7 Å². The molecule has 0 aromatic carbocycles. The summed E-state index contributed by atoms with van der Waals surface area (Å²) in [6.45, 7) is 1.89. The van der Waals surface area contributed by atoms with E-state index in [9.17, 15) is 9.36 Å². The van der Waals surface area contributed by atoms with Crippen molar-refractivity contribution in [1.29, 1.82) is 0 Å². The van der Waals surface area contributed by atoms with Gasteiger partial charge in [-0.15, -0.1) is 11.8 Å². The smallest absolute Gasteiger partial charge is 0.334 e. The number of nitrogens with one attached hydrogen (secondary N) is 1. The van der Waals surface area contributed by atoms with Gasteiger partial charge in [-0.05, 0) is 6.42 Å². The lowest BCUT2D eigenvalue weighted by atomic mass is 10.2. The van der Waals surface area contributed by atoms with Crippen LogP contribution in [0.1, 0.15) is 6.42 Å². The van der Waals surface area contributed by atoms with Crippen molar-refractivity contribution in [2.24, 2.45) is 0 Å². The van der Waals surface area contributed by atoms with Crippen LogP contribution in [0.25, 0.3) is 0 Å². The van der Waals surface area contributed by atoms with Crippen molar-refractivity contribution in [3.05, 3.63) is 0 Å². The fourth-order valence-corrected chi connectivity index (χ4v) is 3.33. The molecule has 1 aliphatic heterocycles. The number of carboxylic acids is 1. The molecular weight excluding hydrogens is 225 g/mol. The van der Waals surface area contributed by atoms with Crippen molar-refractivity contribution in [1.82, 2.24) is 5.32 Å². The third-order valence-corrected chi connectivity index (χ3v) is 4.56. The molecule has 0 bridgehead atoms. The van der Waals surface area contributed by atoms with E-state index in [1.165, 1.54) is 18.4 Å². The summed E-state index contributed by atoms with van der Waals surface area (Å²) in [5, 5.41) is 11.9. The number of thioether (sulfide) groups is 1. The van der Waals surface area contributed by atoms with Crippen LogP contribution < -0.4 is 5.32 Å². The molecule has 0 aromatic heterocycles. The van der Waals surface area contributed by atoms with Crippen molar-refractivity contribution in [2.75, 3.05) is 25.1 Å². The lowest BCUT2D eigenvalue weighted by Gasteiger charge is -2.23. The molecule has 0 saturated carbocycles. The van der Waals surface area contributed by atoms with Crippen molar-refractivity contribution < 1.29 is 19.4 Å². The van der Waals surface area contributed by atoms with Crippen molar-refractivity contribution in [3.63, 3.8) is 0 Å². The number of hydrogen-bond donors (Lipinski definition) is 3. The largest absolute Gasteiger partial charge is 0.479 e. The van der Waals surface area contributed by atoms with E-state index < -0.39 is 18.2 Å². The SMILES string of the molecule is CP(=O)(O)CCC1(C(=O)O)NCCS1. The van der Waals surface area contributed by atoms with Gasteiger partial charge in [0.2, 0.25) is 0 Å². The normalized spacial score (nSPS) is 31.3. The first-order valence-corrected chi connectivity index (χ1v) is 7.55. The van der Waals surface area contributed by atoms with E-state index in [1.807, 2.05) is 0 Å². The standard InChI is InChI=1S/C7H14NO4PS/c1-13(11,12)4-2-7(6(9)10)8-3-5-14-7/h8H,2-5H2,1H3,(H,9,10)(H,11,12). The van der Waals surface area contributed by atoms with Crippen LogP contribution in [0.2, 0.25) is 0 Å². The molecule has 2 unspecified atom stereocenters. The summed E-state index contributed by atoms with van der Waals surface area (Å²) in [5.41, 5.74) is 0. The molecule has 2 atom stereocenters. The summed E-state index contributed by atoms with van der Waals surface area (Å²) in [6, 6.07) is 0. The summed E-state index contributed by atoms with van der Waals surface area (Å²) in [7, 11) is -3.12. The van der Waals surface area contributed by atoms with Gasteiger partial charge in [-0.2, -0.15) is 0 Å². The Balaban J connectivity index is 2.62. The van der Waals surface area contributed by atoms with Crippen molar-refractivity contribution in [2.45, 2.75) is 11.3 Å². The Hall–Kier alpha value is -0.0300. The second-order valence-electron chi connectivity index (χ2n) is 3.43. The number of hydrogen-bond acceptors (Lipinski definition) is 4. The summed E-state index contributed by atoms with van der Waals surface area (Å²) in [4.78, 5) is 19.0. The zero-order valence-electron chi connectivity index (χ0n) is 7.89. The first kappa shape index (κ1) is 12.0. The molecule has 1 aliphatic rings. The summed E-state index contributed by atoms with van der Waals surface area (Å²) in [5.74, 6) is -0.223. The maximum Gasteiger partial charge on any atom is 0.334 e. The molecule has 1 fully saturated rings. The topological polar surface area (TPSA) is 86.6 Å². The number of carbonyl (C=O) groups is 1. The fourth-order valence-electron chi connectivity index (χ4n) is 1.30. The average molecular weight is 239 g/mol. The van der Waals surface area contributed by atoms with Gasteiger partial charge in [0.15, 0.2) is 12.2 Å². The van der Waals surface area contributed by atoms with Crippen LogP contribution in [0.15, 0.2) is 0 Å². The molecule has 1 saturated heterocycles. The summed E-state index contributed by atoms with van der Waals surface area (Å²) < 4.78 is 11.1. The third-order valence-electron chi connectivity index (χ3n) is 2.09. The first-order chi connectivity index (χ1) is 6.36. The minimum Gasteiger partial charge on any atom is -0.479 e. The van der Waals surface area contributed by atoms with E-state index in [1.54, 1.807) is 0 Å². The molecule has 0 radical (unpaired) electrons. The highest BCUT2D eigenvalue weighted by atomic mass is 32.2. The van der Waals surface area contributed by atoms with Gasteiger partial charge in [0, 0.05) is 25.1 Å². The Morgan fingerprint density at radius 2 is 2.36 bits per heavy atom. The lowest BCUT2D eigenvalue weighted by molar-refractivity contribution is -0.140. The maximum absolute atomic E-state index is 11.1.